The Morgan fingerprint density at radius 1 is 1.17 bits per heavy atom. The number of anilines is 2. The molecule has 10 heteroatoms. The minimum absolute atomic E-state index is 0.419. The summed E-state index contributed by atoms with van der Waals surface area (Å²) in [6.07, 6.45) is 0. The Bertz CT molecular complexity index is 728. The van der Waals surface area contributed by atoms with Gasteiger partial charge in [0.1, 0.15) is 6.61 Å². The van der Waals surface area contributed by atoms with Gasteiger partial charge in [-0.15, -0.1) is 0 Å². The zero-order chi connectivity index (χ0) is 15.9. The third kappa shape index (κ3) is 3.99. The van der Waals surface area contributed by atoms with Crippen LogP contribution in [0.4, 0.5) is 11.1 Å². The van der Waals surface area contributed by atoms with Crippen LogP contribution in [0, 0.1) is 0 Å². The molecule has 0 atom stereocenters. The predicted octanol–water partition coefficient (Wildman–Crippen LogP) is 1.18. The average Bonchev–Trinajstić information content (AvgIpc) is 3.22. The molecule has 2 aromatic heterocycles. The number of hydrogen-bond donors (Lipinski definition) is 2. The van der Waals surface area contributed by atoms with Crippen molar-refractivity contribution in [1.82, 2.24) is 29.6 Å². The van der Waals surface area contributed by atoms with Crippen LogP contribution in [0.15, 0.2) is 30.3 Å². The zero-order valence-electron chi connectivity index (χ0n) is 12.5. The van der Waals surface area contributed by atoms with Crippen LogP contribution in [0.2, 0.25) is 0 Å². The maximum absolute atomic E-state index is 4.99. The Morgan fingerprint density at radius 2 is 2.00 bits per heavy atom. The maximum Gasteiger partial charge on any atom is 0.247 e. The van der Waals surface area contributed by atoms with Gasteiger partial charge in [-0.05, 0) is 22.6 Å². The summed E-state index contributed by atoms with van der Waals surface area (Å²) in [5, 5.41) is 18.8. The molecule has 2 heterocycles. The van der Waals surface area contributed by atoms with Crippen molar-refractivity contribution in [1.29, 1.82) is 0 Å². The lowest BCUT2D eigenvalue weighted by Crippen LogP contribution is -2.16. The van der Waals surface area contributed by atoms with Crippen molar-refractivity contribution in [3.63, 3.8) is 0 Å². The molecule has 0 aliphatic carbocycles. The van der Waals surface area contributed by atoms with Gasteiger partial charge in [-0.25, -0.2) is 4.98 Å². The lowest BCUT2D eigenvalue weighted by molar-refractivity contribution is 0.179. The minimum Gasteiger partial charge on any atom is -0.377 e. The van der Waals surface area contributed by atoms with Crippen molar-refractivity contribution in [2.75, 3.05) is 30.8 Å². The molecular formula is C13H16N8OS. The first-order valence-electron chi connectivity index (χ1n) is 7.00. The molecule has 0 amide bonds. The lowest BCUT2D eigenvalue weighted by atomic mass is 10.3. The number of nitrogens with one attached hydrogen (secondary N) is 2. The molecule has 0 fully saturated rings. The molecule has 0 bridgehead atoms. The standard InChI is InChI=1S/C13H16N8OS/c1-22-9-11-16-13(23-18-11)15-8-7-14-12-17-19-20-21(12)10-5-3-2-4-6-10/h2-6H,7-9H2,1H3,(H,14,17,20)(H,15,16,18). The van der Waals surface area contributed by atoms with E-state index >= 15 is 0 Å². The van der Waals surface area contributed by atoms with Gasteiger partial charge in [-0.3, -0.25) is 0 Å². The average molecular weight is 332 g/mol. The Balaban J connectivity index is 1.50. The SMILES string of the molecule is COCc1nsc(NCCNc2nnnn2-c2ccccc2)n1. The molecule has 2 N–H and O–H groups in total. The predicted molar refractivity (Wildman–Crippen MR) is 86.8 cm³/mol. The van der Waals surface area contributed by atoms with E-state index in [1.807, 2.05) is 30.3 Å². The topological polar surface area (TPSA) is 103 Å². The first kappa shape index (κ1) is 15.3. The summed E-state index contributed by atoms with van der Waals surface area (Å²) < 4.78 is 10.8. The van der Waals surface area contributed by atoms with Gasteiger partial charge in [-0.1, -0.05) is 23.3 Å². The molecule has 0 unspecified atom stereocenters. The summed E-state index contributed by atoms with van der Waals surface area (Å²) >= 11 is 1.31. The first-order valence-corrected chi connectivity index (χ1v) is 7.77. The van der Waals surface area contributed by atoms with Gasteiger partial charge in [0.05, 0.1) is 5.69 Å². The van der Waals surface area contributed by atoms with Crippen molar-refractivity contribution in [3.05, 3.63) is 36.2 Å². The number of ether oxygens (including phenoxy) is 1. The highest BCUT2D eigenvalue weighted by atomic mass is 32.1. The van der Waals surface area contributed by atoms with Crippen LogP contribution < -0.4 is 10.6 Å². The third-order valence-electron chi connectivity index (χ3n) is 2.90. The largest absolute Gasteiger partial charge is 0.377 e. The minimum atomic E-state index is 0.419. The van der Waals surface area contributed by atoms with Gasteiger partial charge in [-0.2, -0.15) is 9.06 Å². The third-order valence-corrected chi connectivity index (χ3v) is 3.61. The number of tetrazole rings is 1. The Hall–Kier alpha value is -2.59. The number of aromatic nitrogens is 6. The molecule has 0 aliphatic heterocycles. The van der Waals surface area contributed by atoms with Crippen LogP contribution in [0.1, 0.15) is 5.82 Å². The molecule has 120 valence electrons. The molecule has 0 saturated heterocycles. The summed E-state index contributed by atoms with van der Waals surface area (Å²) in [5.74, 6) is 1.27. The second kappa shape index (κ2) is 7.61. The smallest absolute Gasteiger partial charge is 0.247 e. The highest BCUT2D eigenvalue weighted by molar-refractivity contribution is 7.09. The van der Waals surface area contributed by atoms with Crippen molar-refractivity contribution in [3.8, 4) is 5.69 Å². The van der Waals surface area contributed by atoms with Gasteiger partial charge in [0.15, 0.2) is 5.82 Å². The highest BCUT2D eigenvalue weighted by Crippen LogP contribution is 2.12. The fourth-order valence-electron chi connectivity index (χ4n) is 1.90. The number of nitrogens with zero attached hydrogens (tertiary/aromatic N) is 6. The lowest BCUT2D eigenvalue weighted by Gasteiger charge is -2.07. The highest BCUT2D eigenvalue weighted by Gasteiger charge is 2.07. The van der Waals surface area contributed by atoms with Crippen LogP contribution in [-0.2, 0) is 11.3 Å². The second-order valence-corrected chi connectivity index (χ2v) is 5.30. The van der Waals surface area contributed by atoms with Crippen LogP contribution in [0.3, 0.4) is 0 Å². The van der Waals surface area contributed by atoms with Crippen molar-refractivity contribution >= 4 is 22.6 Å². The van der Waals surface area contributed by atoms with Gasteiger partial charge >= 0.3 is 0 Å². The molecule has 9 nitrogen and oxygen atoms in total. The van der Waals surface area contributed by atoms with E-state index in [2.05, 4.69) is 35.5 Å². The van der Waals surface area contributed by atoms with Crippen LogP contribution in [0.5, 0.6) is 0 Å². The molecule has 0 aliphatic rings. The number of rotatable bonds is 8. The summed E-state index contributed by atoms with van der Waals surface area (Å²) in [6, 6.07) is 9.71. The molecule has 0 saturated carbocycles. The summed E-state index contributed by atoms with van der Waals surface area (Å²) in [7, 11) is 1.62. The number of benzene rings is 1. The van der Waals surface area contributed by atoms with Gasteiger partial charge in [0.2, 0.25) is 11.1 Å². The van der Waals surface area contributed by atoms with E-state index in [1.54, 1.807) is 11.8 Å². The van der Waals surface area contributed by atoms with Gasteiger partial charge in [0.25, 0.3) is 0 Å². The number of methoxy groups -OCH3 is 1. The van der Waals surface area contributed by atoms with E-state index in [0.29, 0.717) is 31.5 Å². The quantitative estimate of drug-likeness (QED) is 0.593. The van der Waals surface area contributed by atoms with Crippen molar-refractivity contribution in [2.45, 2.75) is 6.61 Å². The summed E-state index contributed by atoms with van der Waals surface area (Å²) in [4.78, 5) is 4.30. The first-order chi connectivity index (χ1) is 11.4. The second-order valence-electron chi connectivity index (χ2n) is 4.55. The zero-order valence-corrected chi connectivity index (χ0v) is 13.3. The molecule has 0 radical (unpaired) electrons. The van der Waals surface area contributed by atoms with Crippen molar-refractivity contribution < 1.29 is 4.74 Å². The van der Waals surface area contributed by atoms with E-state index in [-0.39, 0.29) is 0 Å². The molecule has 3 rings (SSSR count). The fourth-order valence-corrected chi connectivity index (χ4v) is 2.50. The van der Waals surface area contributed by atoms with Crippen LogP contribution >= 0.6 is 11.5 Å². The van der Waals surface area contributed by atoms with E-state index in [4.69, 9.17) is 4.74 Å². The van der Waals surface area contributed by atoms with Gasteiger partial charge in [0, 0.05) is 31.7 Å². The molecule has 23 heavy (non-hydrogen) atoms. The Kier molecular flexibility index (Phi) is 5.06. The molecule has 1 aromatic carbocycles. The monoisotopic (exact) mass is 332 g/mol. The van der Waals surface area contributed by atoms with E-state index in [0.717, 1.165) is 10.8 Å². The Morgan fingerprint density at radius 3 is 2.83 bits per heavy atom. The van der Waals surface area contributed by atoms with Crippen molar-refractivity contribution in [2.24, 2.45) is 0 Å². The number of hydrogen-bond acceptors (Lipinski definition) is 9. The van der Waals surface area contributed by atoms with Crippen LogP contribution in [0.25, 0.3) is 5.69 Å². The Labute approximate surface area is 136 Å². The fraction of sp³-hybridized carbons (Fsp3) is 0.308. The van der Waals surface area contributed by atoms with Gasteiger partial charge < -0.3 is 15.4 Å². The van der Waals surface area contributed by atoms with Crippen LogP contribution in [-0.4, -0.2) is 49.8 Å². The molecule has 3 aromatic rings. The maximum atomic E-state index is 4.99. The van der Waals surface area contributed by atoms with E-state index < -0.39 is 0 Å². The normalized spacial score (nSPS) is 10.7. The van der Waals surface area contributed by atoms with E-state index in [1.165, 1.54) is 11.5 Å². The van der Waals surface area contributed by atoms with E-state index in [9.17, 15) is 0 Å². The number of para-hydroxylation sites is 1. The summed E-state index contributed by atoms with van der Waals surface area (Å²) in [5.41, 5.74) is 0.904. The molecule has 0 spiro atoms. The summed E-state index contributed by atoms with van der Waals surface area (Å²) in [6.45, 7) is 1.73. The molecular weight excluding hydrogens is 316 g/mol.